The molecule has 1 aromatic rings. The van der Waals surface area contributed by atoms with Crippen LogP contribution < -0.4 is 0 Å². The molecule has 1 aromatic carbocycles. The summed E-state index contributed by atoms with van der Waals surface area (Å²) in [6.45, 7) is 7.88. The van der Waals surface area contributed by atoms with E-state index < -0.39 is 15.9 Å². The van der Waals surface area contributed by atoms with E-state index in [9.17, 15) is 8.42 Å². The van der Waals surface area contributed by atoms with Gasteiger partial charge in [-0.25, -0.2) is 0 Å². The highest BCUT2D eigenvalue weighted by Crippen LogP contribution is 2.32. The van der Waals surface area contributed by atoms with Crippen LogP contribution in [0, 0.1) is 6.92 Å². The average molecular weight is 455 g/mol. The molecule has 0 aromatic heterocycles. The number of benzene rings is 1. The molecule has 0 unspecified atom stereocenters. The van der Waals surface area contributed by atoms with Crippen LogP contribution in [0.15, 0.2) is 29.2 Å². The Hall–Kier alpha value is -0.950. The van der Waals surface area contributed by atoms with E-state index in [4.69, 9.17) is 13.7 Å². The van der Waals surface area contributed by atoms with Crippen LogP contribution in [0.3, 0.4) is 0 Å². The van der Waals surface area contributed by atoms with Gasteiger partial charge >= 0.3 is 0 Å². The Balaban J connectivity index is 1.71. The Bertz CT molecular complexity index is 727. The van der Waals surface area contributed by atoms with Gasteiger partial charge < -0.3 is 9.47 Å². The third-order valence-corrected chi connectivity index (χ3v) is 7.12. The number of aryl methyl sites for hydroxylation is 1. The first-order chi connectivity index (χ1) is 14.7. The molecule has 0 amide bonds. The van der Waals surface area contributed by atoms with E-state index in [1.54, 1.807) is 24.3 Å². The van der Waals surface area contributed by atoms with Crippen LogP contribution in [0.2, 0.25) is 0 Å². The maximum atomic E-state index is 12.5. The third-order valence-electron chi connectivity index (χ3n) is 5.82. The van der Waals surface area contributed by atoms with Crippen molar-refractivity contribution in [2.24, 2.45) is 0 Å². The summed E-state index contributed by atoms with van der Waals surface area (Å²) in [5, 5.41) is 0. The normalized spacial score (nSPS) is 20.9. The number of hydrogen-bond donors (Lipinski definition) is 0. The molecule has 1 aliphatic heterocycles. The molecule has 0 aliphatic carbocycles. The van der Waals surface area contributed by atoms with E-state index in [0.717, 1.165) is 18.4 Å². The molecule has 1 heterocycles. The lowest BCUT2D eigenvalue weighted by molar-refractivity contribution is -0.148. The lowest BCUT2D eigenvalue weighted by atomic mass is 10.0. The zero-order valence-corrected chi connectivity index (χ0v) is 20.7. The lowest BCUT2D eigenvalue weighted by Crippen LogP contribution is -2.29. The number of hydrogen-bond acceptors (Lipinski definition) is 5. The summed E-state index contributed by atoms with van der Waals surface area (Å²) in [4.78, 5) is 0.169. The van der Waals surface area contributed by atoms with Gasteiger partial charge in [0.25, 0.3) is 10.1 Å². The fraction of sp³-hybridized carbons (Fsp3) is 0.760. The molecule has 2 atom stereocenters. The van der Waals surface area contributed by atoms with Crippen LogP contribution in [0.1, 0.15) is 97.0 Å². The Morgan fingerprint density at radius 1 is 0.839 bits per heavy atom. The van der Waals surface area contributed by atoms with Gasteiger partial charge in [-0.05, 0) is 39.3 Å². The maximum absolute atomic E-state index is 12.5. The fourth-order valence-electron chi connectivity index (χ4n) is 4.06. The Morgan fingerprint density at radius 3 is 1.94 bits per heavy atom. The first-order valence-corrected chi connectivity index (χ1v) is 13.5. The second kappa shape index (κ2) is 12.9. The molecule has 0 N–H and O–H groups in total. The number of ether oxygens (including phenoxy) is 2. The summed E-state index contributed by atoms with van der Waals surface area (Å²) in [5.74, 6) is -0.717. The van der Waals surface area contributed by atoms with E-state index in [1.807, 2.05) is 20.8 Å². The van der Waals surface area contributed by atoms with Crippen molar-refractivity contribution in [1.82, 2.24) is 0 Å². The average Bonchev–Trinajstić information content (AvgIpc) is 3.02. The van der Waals surface area contributed by atoms with Crippen molar-refractivity contribution >= 4 is 10.1 Å². The Kier molecular flexibility index (Phi) is 11.0. The monoisotopic (exact) mass is 454 g/mol. The summed E-state index contributed by atoms with van der Waals surface area (Å²) >= 11 is 0. The Labute approximate surface area is 190 Å². The van der Waals surface area contributed by atoms with E-state index in [0.29, 0.717) is 0 Å². The quantitative estimate of drug-likeness (QED) is 0.223. The third kappa shape index (κ3) is 9.60. The fourth-order valence-corrected chi connectivity index (χ4v) is 4.98. The Morgan fingerprint density at radius 2 is 1.35 bits per heavy atom. The molecule has 0 bridgehead atoms. The zero-order valence-electron chi connectivity index (χ0n) is 19.9. The molecule has 1 aliphatic rings. The summed E-state index contributed by atoms with van der Waals surface area (Å²) in [5.41, 5.74) is 1.00. The zero-order chi connectivity index (χ0) is 22.7. The molecule has 5 nitrogen and oxygen atoms in total. The van der Waals surface area contributed by atoms with Crippen molar-refractivity contribution in [3.8, 4) is 0 Å². The van der Waals surface area contributed by atoms with E-state index in [1.165, 1.54) is 57.8 Å². The molecule has 0 radical (unpaired) electrons. The first kappa shape index (κ1) is 26.3. The van der Waals surface area contributed by atoms with Gasteiger partial charge in [-0.2, -0.15) is 8.42 Å². The van der Waals surface area contributed by atoms with Crippen LogP contribution in [0.5, 0.6) is 0 Å². The lowest BCUT2D eigenvalue weighted by Gasteiger charge is -2.17. The molecule has 31 heavy (non-hydrogen) atoms. The highest BCUT2D eigenvalue weighted by molar-refractivity contribution is 7.86. The standard InChI is InChI=1S/C25H42O5S/c1-5-6-7-8-9-10-11-12-13-14-15-23-24(30-25(3,4)29-23)20-28-31(26,27)22-18-16-21(2)17-19-22/h16-19,23-24H,5-15,20H2,1-4H3/t23-,24-/m1/s1. The maximum Gasteiger partial charge on any atom is 0.297 e. The largest absolute Gasteiger partial charge is 0.344 e. The predicted molar refractivity (Wildman–Crippen MR) is 125 cm³/mol. The van der Waals surface area contributed by atoms with Crippen molar-refractivity contribution in [2.75, 3.05) is 6.61 Å². The summed E-state index contributed by atoms with van der Waals surface area (Å²) in [6, 6.07) is 6.68. The van der Waals surface area contributed by atoms with Crippen molar-refractivity contribution in [2.45, 2.75) is 121 Å². The van der Waals surface area contributed by atoms with Gasteiger partial charge in [-0.1, -0.05) is 88.8 Å². The molecule has 0 saturated carbocycles. The van der Waals surface area contributed by atoms with Crippen molar-refractivity contribution in [1.29, 1.82) is 0 Å². The minimum atomic E-state index is -3.80. The molecular weight excluding hydrogens is 412 g/mol. The van der Waals surface area contributed by atoms with Gasteiger partial charge in [-0.3, -0.25) is 4.18 Å². The minimum absolute atomic E-state index is 0.0257. The second-order valence-electron chi connectivity index (χ2n) is 9.23. The first-order valence-electron chi connectivity index (χ1n) is 12.1. The molecule has 6 heteroatoms. The van der Waals surface area contributed by atoms with E-state index >= 15 is 0 Å². The van der Waals surface area contributed by atoms with Crippen LogP contribution in [0.25, 0.3) is 0 Å². The van der Waals surface area contributed by atoms with Gasteiger partial charge in [0.1, 0.15) is 6.10 Å². The molecule has 1 saturated heterocycles. The van der Waals surface area contributed by atoms with Gasteiger partial charge in [0.2, 0.25) is 0 Å². The van der Waals surface area contributed by atoms with Gasteiger partial charge in [0.05, 0.1) is 17.6 Å². The van der Waals surface area contributed by atoms with Crippen LogP contribution >= 0.6 is 0 Å². The molecule has 178 valence electrons. The molecule has 0 spiro atoms. The van der Waals surface area contributed by atoms with Gasteiger partial charge in [-0.15, -0.1) is 0 Å². The van der Waals surface area contributed by atoms with Crippen molar-refractivity contribution < 1.29 is 22.1 Å². The number of rotatable bonds is 15. The predicted octanol–water partition coefficient (Wildman–Crippen LogP) is 6.53. The van der Waals surface area contributed by atoms with Gasteiger partial charge in [0, 0.05) is 0 Å². The summed E-state index contributed by atoms with van der Waals surface area (Å²) in [6.07, 6.45) is 13.2. The van der Waals surface area contributed by atoms with E-state index in [2.05, 4.69) is 6.92 Å². The van der Waals surface area contributed by atoms with E-state index in [-0.39, 0.29) is 23.7 Å². The topological polar surface area (TPSA) is 61.8 Å². The molecule has 1 fully saturated rings. The van der Waals surface area contributed by atoms with Crippen LogP contribution in [-0.2, 0) is 23.8 Å². The second-order valence-corrected chi connectivity index (χ2v) is 10.9. The summed E-state index contributed by atoms with van der Waals surface area (Å²) in [7, 11) is -3.80. The minimum Gasteiger partial charge on any atom is -0.344 e. The summed E-state index contributed by atoms with van der Waals surface area (Å²) < 4.78 is 42.3. The van der Waals surface area contributed by atoms with Crippen LogP contribution in [-0.4, -0.2) is 33.0 Å². The number of unbranched alkanes of at least 4 members (excludes halogenated alkanes) is 9. The molecular formula is C25H42O5S. The SMILES string of the molecule is CCCCCCCCCCCC[C@H]1OC(C)(C)O[C@@H]1COS(=O)(=O)c1ccc(C)cc1. The van der Waals surface area contributed by atoms with Crippen molar-refractivity contribution in [3.63, 3.8) is 0 Å². The van der Waals surface area contributed by atoms with Crippen LogP contribution in [0.4, 0.5) is 0 Å². The highest BCUT2D eigenvalue weighted by atomic mass is 32.2. The molecule has 2 rings (SSSR count). The van der Waals surface area contributed by atoms with Gasteiger partial charge in [0.15, 0.2) is 5.79 Å². The highest BCUT2D eigenvalue weighted by Gasteiger charge is 2.41. The van der Waals surface area contributed by atoms with Crippen molar-refractivity contribution in [3.05, 3.63) is 29.8 Å². The smallest absolute Gasteiger partial charge is 0.297 e.